The van der Waals surface area contributed by atoms with Gasteiger partial charge in [-0.1, -0.05) is 44.1 Å². The second kappa shape index (κ2) is 8.28. The maximum atomic E-state index is 5.89. The number of nitrogens with zero attached hydrogens (tertiary/aromatic N) is 1. The minimum absolute atomic E-state index is 0.155. The van der Waals surface area contributed by atoms with Gasteiger partial charge in [0.1, 0.15) is 18.1 Å². The fraction of sp³-hybridized carbons (Fsp3) is 0.409. The minimum atomic E-state index is 0.155. The third kappa shape index (κ3) is 4.99. The summed E-state index contributed by atoms with van der Waals surface area (Å²) in [5.74, 6) is 1.67. The van der Waals surface area contributed by atoms with E-state index in [4.69, 9.17) is 9.26 Å². The molecule has 2 aromatic heterocycles. The van der Waals surface area contributed by atoms with Crippen LogP contribution in [-0.4, -0.2) is 5.16 Å². The van der Waals surface area contributed by atoms with Gasteiger partial charge in [0, 0.05) is 17.5 Å². The fourth-order valence-electron chi connectivity index (χ4n) is 3.08. The first kappa shape index (κ1) is 19.6. The van der Waals surface area contributed by atoms with Gasteiger partial charge in [-0.25, -0.2) is 0 Å². The van der Waals surface area contributed by atoms with Crippen LogP contribution in [0.15, 0.2) is 46.3 Å². The largest absolute Gasteiger partial charge is 0.489 e. The monoisotopic (exact) mass is 384 g/mol. The Kier molecular flexibility index (Phi) is 6.02. The highest BCUT2D eigenvalue weighted by atomic mass is 32.1. The van der Waals surface area contributed by atoms with Crippen LogP contribution in [0.25, 0.3) is 0 Å². The summed E-state index contributed by atoms with van der Waals surface area (Å²) in [4.78, 5) is 1.38. The highest BCUT2D eigenvalue weighted by molar-refractivity contribution is 7.10. The first-order valence-corrected chi connectivity index (χ1v) is 10.1. The lowest BCUT2D eigenvalue weighted by Crippen LogP contribution is -2.31. The highest BCUT2D eigenvalue weighted by Crippen LogP contribution is 2.35. The molecular formula is C22H28N2O2S. The summed E-state index contributed by atoms with van der Waals surface area (Å²) in [6.07, 6.45) is 0. The Morgan fingerprint density at radius 2 is 1.89 bits per heavy atom. The van der Waals surface area contributed by atoms with E-state index >= 15 is 0 Å². The van der Waals surface area contributed by atoms with Crippen LogP contribution in [0.5, 0.6) is 5.75 Å². The molecule has 0 saturated heterocycles. The van der Waals surface area contributed by atoms with Crippen molar-refractivity contribution in [3.63, 3.8) is 0 Å². The van der Waals surface area contributed by atoms with Gasteiger partial charge in [0.05, 0.1) is 11.3 Å². The average Bonchev–Trinajstić information content (AvgIpc) is 3.24. The molecule has 1 aromatic carbocycles. The molecule has 0 aliphatic carbocycles. The molecule has 1 unspecified atom stereocenters. The van der Waals surface area contributed by atoms with E-state index in [9.17, 15) is 0 Å². The van der Waals surface area contributed by atoms with E-state index in [0.717, 1.165) is 29.3 Å². The Bertz CT molecular complexity index is 826. The van der Waals surface area contributed by atoms with Crippen molar-refractivity contribution in [2.75, 3.05) is 0 Å². The van der Waals surface area contributed by atoms with Crippen LogP contribution in [0.2, 0.25) is 0 Å². The van der Waals surface area contributed by atoms with Gasteiger partial charge in [-0.05, 0) is 48.4 Å². The van der Waals surface area contributed by atoms with E-state index in [1.54, 1.807) is 0 Å². The SMILES string of the molecule is Cc1noc(C)c1COc1ccc(CNC(c2cccs2)C(C)(C)C)cc1. The van der Waals surface area contributed by atoms with Gasteiger partial charge in [0.15, 0.2) is 0 Å². The normalized spacial score (nSPS) is 12.9. The van der Waals surface area contributed by atoms with Crippen molar-refractivity contribution in [3.8, 4) is 5.75 Å². The summed E-state index contributed by atoms with van der Waals surface area (Å²) in [6, 6.07) is 12.9. The van der Waals surface area contributed by atoms with Gasteiger partial charge in [-0.3, -0.25) is 0 Å². The van der Waals surface area contributed by atoms with Crippen molar-refractivity contribution < 1.29 is 9.26 Å². The van der Waals surface area contributed by atoms with Crippen LogP contribution in [-0.2, 0) is 13.2 Å². The van der Waals surface area contributed by atoms with E-state index in [0.29, 0.717) is 12.6 Å². The van der Waals surface area contributed by atoms with Crippen LogP contribution in [0.3, 0.4) is 0 Å². The van der Waals surface area contributed by atoms with Crippen molar-refractivity contribution in [2.45, 2.75) is 53.8 Å². The molecule has 0 aliphatic rings. The Hall–Kier alpha value is -2.11. The number of rotatable bonds is 7. The van der Waals surface area contributed by atoms with Crippen LogP contribution < -0.4 is 10.1 Å². The predicted molar refractivity (Wildman–Crippen MR) is 110 cm³/mol. The van der Waals surface area contributed by atoms with Gasteiger partial charge in [0.2, 0.25) is 0 Å². The lowest BCUT2D eigenvalue weighted by molar-refractivity contribution is 0.275. The second-order valence-electron chi connectivity index (χ2n) is 7.93. The lowest BCUT2D eigenvalue weighted by atomic mass is 9.85. The Labute approximate surface area is 165 Å². The van der Waals surface area contributed by atoms with Crippen molar-refractivity contribution in [1.82, 2.24) is 10.5 Å². The number of aryl methyl sites for hydroxylation is 2. The minimum Gasteiger partial charge on any atom is -0.489 e. The maximum Gasteiger partial charge on any atom is 0.140 e. The van der Waals surface area contributed by atoms with Crippen LogP contribution in [0, 0.1) is 19.3 Å². The van der Waals surface area contributed by atoms with Crippen LogP contribution in [0.1, 0.15) is 54.3 Å². The van der Waals surface area contributed by atoms with Gasteiger partial charge in [-0.2, -0.15) is 0 Å². The van der Waals surface area contributed by atoms with Gasteiger partial charge >= 0.3 is 0 Å². The van der Waals surface area contributed by atoms with Crippen LogP contribution in [0.4, 0.5) is 0 Å². The van der Waals surface area contributed by atoms with Crippen molar-refractivity contribution in [2.24, 2.45) is 5.41 Å². The number of hydrogen-bond donors (Lipinski definition) is 1. The standard InChI is InChI=1S/C22H28N2O2S/c1-15-19(16(2)26-24-15)14-25-18-10-8-17(9-11-18)13-23-21(22(3,4)5)20-7-6-12-27-20/h6-12,21,23H,13-14H2,1-5H3. The smallest absolute Gasteiger partial charge is 0.140 e. The molecule has 0 fully saturated rings. The van der Waals surface area contributed by atoms with E-state index < -0.39 is 0 Å². The zero-order valence-electron chi connectivity index (χ0n) is 16.7. The number of aromatic nitrogens is 1. The molecule has 5 heteroatoms. The Balaban J connectivity index is 1.59. The molecular weight excluding hydrogens is 356 g/mol. The second-order valence-corrected chi connectivity index (χ2v) is 8.91. The number of thiophene rings is 1. The van der Waals surface area contributed by atoms with E-state index in [1.807, 2.05) is 37.3 Å². The zero-order chi connectivity index (χ0) is 19.4. The molecule has 1 atom stereocenters. The molecule has 0 bridgehead atoms. The summed E-state index contributed by atoms with van der Waals surface area (Å²) in [6.45, 7) is 12.0. The summed E-state index contributed by atoms with van der Waals surface area (Å²) in [5.41, 5.74) is 3.30. The summed E-state index contributed by atoms with van der Waals surface area (Å²) < 4.78 is 11.1. The summed E-state index contributed by atoms with van der Waals surface area (Å²) >= 11 is 1.81. The van der Waals surface area contributed by atoms with Crippen molar-refractivity contribution in [1.29, 1.82) is 0 Å². The first-order valence-electron chi connectivity index (χ1n) is 9.25. The molecule has 4 nitrogen and oxygen atoms in total. The molecule has 27 heavy (non-hydrogen) atoms. The quantitative estimate of drug-likeness (QED) is 0.558. The van der Waals surface area contributed by atoms with E-state index in [1.165, 1.54) is 10.4 Å². The zero-order valence-corrected chi connectivity index (χ0v) is 17.5. The fourth-order valence-corrected chi connectivity index (χ4v) is 4.12. The molecule has 1 N–H and O–H groups in total. The van der Waals surface area contributed by atoms with Gasteiger partial charge in [-0.15, -0.1) is 11.3 Å². The number of benzene rings is 1. The van der Waals surface area contributed by atoms with E-state index in [2.05, 4.69) is 60.9 Å². The topological polar surface area (TPSA) is 47.3 Å². The third-order valence-corrected chi connectivity index (χ3v) is 5.63. The maximum absolute atomic E-state index is 5.89. The van der Waals surface area contributed by atoms with Crippen molar-refractivity contribution in [3.05, 3.63) is 69.2 Å². The molecule has 0 saturated carbocycles. The number of hydrogen-bond acceptors (Lipinski definition) is 5. The molecule has 0 radical (unpaired) electrons. The molecule has 2 heterocycles. The Morgan fingerprint density at radius 3 is 2.44 bits per heavy atom. The molecule has 3 rings (SSSR count). The first-order chi connectivity index (χ1) is 12.8. The highest BCUT2D eigenvalue weighted by Gasteiger charge is 2.26. The van der Waals surface area contributed by atoms with Gasteiger partial charge in [0.25, 0.3) is 0 Å². The summed E-state index contributed by atoms with van der Waals surface area (Å²) in [7, 11) is 0. The predicted octanol–water partition coefficient (Wildman–Crippen LogP) is 5.81. The molecule has 3 aromatic rings. The molecule has 0 spiro atoms. The summed E-state index contributed by atoms with van der Waals surface area (Å²) in [5, 5.41) is 9.82. The van der Waals surface area contributed by atoms with E-state index in [-0.39, 0.29) is 5.41 Å². The molecule has 0 aliphatic heterocycles. The lowest BCUT2D eigenvalue weighted by Gasteiger charge is -2.31. The number of ether oxygens (including phenoxy) is 1. The molecule has 0 amide bonds. The van der Waals surface area contributed by atoms with Crippen LogP contribution >= 0.6 is 11.3 Å². The average molecular weight is 385 g/mol. The molecule has 144 valence electrons. The third-order valence-electron chi connectivity index (χ3n) is 4.69. The van der Waals surface area contributed by atoms with Gasteiger partial charge < -0.3 is 14.6 Å². The number of nitrogens with one attached hydrogen (secondary N) is 1. The van der Waals surface area contributed by atoms with Crippen molar-refractivity contribution >= 4 is 11.3 Å². The Morgan fingerprint density at radius 1 is 1.15 bits per heavy atom.